The first kappa shape index (κ1) is 17.1. The van der Waals surface area contributed by atoms with Gasteiger partial charge in [-0.05, 0) is 54.5 Å². The molecule has 0 spiro atoms. The number of nitrogens with one attached hydrogen (secondary N) is 1. The van der Waals surface area contributed by atoms with Crippen molar-refractivity contribution < 1.29 is 9.53 Å². The number of amides is 1. The summed E-state index contributed by atoms with van der Waals surface area (Å²) in [6.07, 6.45) is 5.35. The number of ether oxygens (including phenoxy) is 1. The van der Waals surface area contributed by atoms with E-state index in [1.54, 1.807) is 18.2 Å². The molecule has 0 unspecified atom stereocenters. The second-order valence-electron chi connectivity index (χ2n) is 5.10. The van der Waals surface area contributed by atoms with Crippen LogP contribution in [0.1, 0.15) is 25.3 Å². The monoisotopic (exact) mass is 329 g/mol. The van der Waals surface area contributed by atoms with Gasteiger partial charge < -0.3 is 10.1 Å². The van der Waals surface area contributed by atoms with Gasteiger partial charge in [0.15, 0.2) is 0 Å². The Morgan fingerprint density at radius 3 is 2.70 bits per heavy atom. The van der Waals surface area contributed by atoms with E-state index in [4.69, 9.17) is 16.3 Å². The SMILES string of the molecule is CCCCOc1ccc(NC(=O)/C=C/c2cccc(Cl)c2)cc1. The standard InChI is InChI=1S/C19H20ClNO2/c1-2-3-13-23-18-10-8-17(9-11-18)21-19(22)12-7-15-5-4-6-16(20)14-15/h4-12,14H,2-3,13H2,1H3,(H,21,22)/b12-7+. The highest BCUT2D eigenvalue weighted by Gasteiger charge is 1.99. The van der Waals surface area contributed by atoms with Gasteiger partial charge in [-0.15, -0.1) is 0 Å². The highest BCUT2D eigenvalue weighted by molar-refractivity contribution is 6.30. The molecule has 4 heteroatoms. The highest BCUT2D eigenvalue weighted by atomic mass is 35.5. The number of carbonyl (C=O) groups excluding carboxylic acids is 1. The molecule has 0 aromatic heterocycles. The Bertz CT molecular complexity index is 665. The minimum atomic E-state index is -0.190. The Balaban J connectivity index is 1.87. The summed E-state index contributed by atoms with van der Waals surface area (Å²) in [7, 11) is 0. The first-order chi connectivity index (χ1) is 11.2. The summed E-state index contributed by atoms with van der Waals surface area (Å²) in [5, 5.41) is 3.45. The van der Waals surface area contributed by atoms with Crippen LogP contribution in [-0.2, 0) is 4.79 Å². The molecule has 0 radical (unpaired) electrons. The van der Waals surface area contributed by atoms with Crippen LogP contribution in [0.2, 0.25) is 5.02 Å². The molecule has 2 aromatic rings. The van der Waals surface area contributed by atoms with Crippen molar-refractivity contribution in [1.29, 1.82) is 0 Å². The molecule has 0 saturated carbocycles. The molecule has 0 atom stereocenters. The molecule has 0 fully saturated rings. The lowest BCUT2D eigenvalue weighted by molar-refractivity contribution is -0.111. The Morgan fingerprint density at radius 1 is 1.22 bits per heavy atom. The van der Waals surface area contributed by atoms with Gasteiger partial charge in [-0.25, -0.2) is 0 Å². The van der Waals surface area contributed by atoms with E-state index in [9.17, 15) is 4.79 Å². The van der Waals surface area contributed by atoms with E-state index in [0.717, 1.165) is 29.8 Å². The summed E-state index contributed by atoms with van der Waals surface area (Å²) in [4.78, 5) is 11.9. The lowest BCUT2D eigenvalue weighted by Gasteiger charge is -2.07. The molecule has 120 valence electrons. The van der Waals surface area contributed by atoms with E-state index >= 15 is 0 Å². The lowest BCUT2D eigenvalue weighted by Crippen LogP contribution is -2.07. The second kappa shape index (κ2) is 9.01. The van der Waals surface area contributed by atoms with Gasteiger partial charge >= 0.3 is 0 Å². The predicted octanol–water partition coefficient (Wildman–Crippen LogP) is 5.17. The van der Waals surface area contributed by atoms with Crippen LogP contribution in [0.5, 0.6) is 5.75 Å². The van der Waals surface area contributed by atoms with Crippen molar-refractivity contribution in [1.82, 2.24) is 0 Å². The minimum absolute atomic E-state index is 0.190. The summed E-state index contributed by atoms with van der Waals surface area (Å²) >= 11 is 5.90. The van der Waals surface area contributed by atoms with Gasteiger partial charge in [0.1, 0.15) is 5.75 Å². The highest BCUT2D eigenvalue weighted by Crippen LogP contribution is 2.16. The topological polar surface area (TPSA) is 38.3 Å². The molecule has 1 amide bonds. The van der Waals surface area contributed by atoms with Crippen molar-refractivity contribution in [3.05, 3.63) is 65.2 Å². The summed E-state index contributed by atoms with van der Waals surface area (Å²) in [6, 6.07) is 14.7. The van der Waals surface area contributed by atoms with Crippen LogP contribution in [0.25, 0.3) is 6.08 Å². The third-order valence-corrected chi connectivity index (χ3v) is 3.40. The van der Waals surface area contributed by atoms with Crippen molar-refractivity contribution in [2.24, 2.45) is 0 Å². The first-order valence-electron chi connectivity index (χ1n) is 7.65. The van der Waals surface area contributed by atoms with Crippen molar-refractivity contribution in [2.75, 3.05) is 11.9 Å². The van der Waals surface area contributed by atoms with Crippen LogP contribution in [0.15, 0.2) is 54.6 Å². The number of unbranched alkanes of at least 4 members (excludes halogenated alkanes) is 1. The summed E-state index contributed by atoms with van der Waals surface area (Å²) in [5.41, 5.74) is 1.61. The lowest BCUT2D eigenvalue weighted by atomic mass is 10.2. The molecular formula is C19H20ClNO2. The van der Waals surface area contributed by atoms with Crippen molar-refractivity contribution in [3.8, 4) is 5.75 Å². The molecule has 1 N–H and O–H groups in total. The van der Waals surface area contributed by atoms with Gasteiger partial charge in [-0.2, -0.15) is 0 Å². The minimum Gasteiger partial charge on any atom is -0.494 e. The molecule has 0 aliphatic rings. The molecule has 2 rings (SSSR count). The van der Waals surface area contributed by atoms with Gasteiger partial charge in [-0.1, -0.05) is 37.1 Å². The maximum Gasteiger partial charge on any atom is 0.248 e. The Labute approximate surface area is 141 Å². The average molecular weight is 330 g/mol. The Hall–Kier alpha value is -2.26. The fraction of sp³-hybridized carbons (Fsp3) is 0.211. The van der Waals surface area contributed by atoms with Gasteiger partial charge in [0, 0.05) is 16.8 Å². The quantitative estimate of drug-likeness (QED) is 0.562. The zero-order chi connectivity index (χ0) is 16.5. The van der Waals surface area contributed by atoms with Crippen LogP contribution >= 0.6 is 11.6 Å². The molecule has 0 heterocycles. The first-order valence-corrected chi connectivity index (χ1v) is 8.02. The van der Waals surface area contributed by atoms with Crippen LogP contribution in [0.4, 0.5) is 5.69 Å². The molecule has 0 saturated heterocycles. The summed E-state index contributed by atoms with van der Waals surface area (Å²) < 4.78 is 5.58. The summed E-state index contributed by atoms with van der Waals surface area (Å²) in [6.45, 7) is 2.84. The van der Waals surface area contributed by atoms with E-state index < -0.39 is 0 Å². The number of halogens is 1. The zero-order valence-corrected chi connectivity index (χ0v) is 13.8. The Morgan fingerprint density at radius 2 is 2.00 bits per heavy atom. The number of hydrogen-bond acceptors (Lipinski definition) is 2. The van der Waals surface area contributed by atoms with Crippen LogP contribution in [0.3, 0.4) is 0 Å². The van der Waals surface area contributed by atoms with Crippen molar-refractivity contribution >= 4 is 29.3 Å². The largest absolute Gasteiger partial charge is 0.494 e. The number of hydrogen-bond donors (Lipinski definition) is 1. The third-order valence-electron chi connectivity index (χ3n) is 3.16. The summed E-state index contributed by atoms with van der Waals surface area (Å²) in [5.74, 6) is 0.621. The van der Waals surface area contributed by atoms with E-state index in [2.05, 4.69) is 12.2 Å². The van der Waals surface area contributed by atoms with Gasteiger partial charge in [0.05, 0.1) is 6.61 Å². The fourth-order valence-corrected chi connectivity index (χ4v) is 2.13. The maximum absolute atomic E-state index is 11.9. The van der Waals surface area contributed by atoms with Crippen LogP contribution < -0.4 is 10.1 Å². The normalized spacial score (nSPS) is 10.7. The van der Waals surface area contributed by atoms with E-state index in [0.29, 0.717) is 11.6 Å². The molecule has 0 aliphatic carbocycles. The van der Waals surface area contributed by atoms with E-state index in [1.807, 2.05) is 36.4 Å². The number of carbonyl (C=O) groups is 1. The van der Waals surface area contributed by atoms with Gasteiger partial charge in [0.25, 0.3) is 0 Å². The van der Waals surface area contributed by atoms with Crippen molar-refractivity contribution in [2.45, 2.75) is 19.8 Å². The van der Waals surface area contributed by atoms with Crippen LogP contribution in [0, 0.1) is 0 Å². The van der Waals surface area contributed by atoms with Crippen LogP contribution in [-0.4, -0.2) is 12.5 Å². The number of anilines is 1. The fourth-order valence-electron chi connectivity index (χ4n) is 1.93. The second-order valence-corrected chi connectivity index (χ2v) is 5.54. The number of benzene rings is 2. The molecule has 0 bridgehead atoms. The molecule has 2 aromatic carbocycles. The molecular weight excluding hydrogens is 310 g/mol. The average Bonchev–Trinajstić information content (AvgIpc) is 2.55. The maximum atomic E-state index is 11.9. The smallest absolute Gasteiger partial charge is 0.248 e. The predicted molar refractivity (Wildman–Crippen MR) is 96.0 cm³/mol. The van der Waals surface area contributed by atoms with E-state index in [-0.39, 0.29) is 5.91 Å². The zero-order valence-electron chi connectivity index (χ0n) is 13.1. The van der Waals surface area contributed by atoms with Gasteiger partial charge in [-0.3, -0.25) is 4.79 Å². The Kier molecular flexibility index (Phi) is 6.70. The van der Waals surface area contributed by atoms with E-state index in [1.165, 1.54) is 6.08 Å². The van der Waals surface area contributed by atoms with Gasteiger partial charge in [0.2, 0.25) is 5.91 Å². The third kappa shape index (κ3) is 6.17. The number of rotatable bonds is 7. The molecule has 23 heavy (non-hydrogen) atoms. The molecule has 3 nitrogen and oxygen atoms in total. The molecule has 0 aliphatic heterocycles. The van der Waals surface area contributed by atoms with Crippen molar-refractivity contribution in [3.63, 3.8) is 0 Å².